The standard InChI is InChI=1S/C11H12N2O4S.2Re.2Rf/c1-7-4-10(17-11(14)5-18-13-15)8(2)3-9(7)16-6-12;;;;/h3-5,12H,6H2,1-2H3;;;;/q-2;;;;. The van der Waals surface area contributed by atoms with Gasteiger partial charge in [0.2, 0.25) is 0 Å². The second-order valence-electron chi connectivity index (χ2n) is 3.39. The average molecular weight is 1170 g/mol. The molecule has 0 bridgehead atoms. The minimum atomic E-state index is -0.656. The summed E-state index contributed by atoms with van der Waals surface area (Å²) in [5.74, 6) is 1.29. The molecule has 0 saturated carbocycles. The van der Waals surface area contributed by atoms with Gasteiger partial charge in [-0.05, 0) is 48.4 Å². The molecule has 11 heteroatoms. The first-order valence-electron chi connectivity index (χ1n) is 5.00. The maximum absolute atomic E-state index is 11.3. The van der Waals surface area contributed by atoms with Gasteiger partial charge in [-0.15, -0.1) is 16.9 Å². The number of carbonyl (C=O) groups is 1. The van der Waals surface area contributed by atoms with Gasteiger partial charge >= 0.3 is 0 Å². The van der Waals surface area contributed by atoms with E-state index in [1.807, 2.05) is 0 Å². The monoisotopic (exact) mass is 1180 g/mol. The number of esters is 1. The molecule has 0 unspecified atom stereocenters. The summed E-state index contributed by atoms with van der Waals surface area (Å²) in [5.41, 5.74) is 8.46. The van der Waals surface area contributed by atoms with Gasteiger partial charge in [-0.1, -0.05) is 0 Å². The number of hydrogen-bond donors (Lipinski definition) is 0. The quantitative estimate of drug-likeness (QED) is 0.144. The van der Waals surface area contributed by atoms with Crippen LogP contribution in [-0.2, 0) is 45.6 Å². The number of ether oxygens (including phenoxy) is 2. The first-order chi connectivity index (χ1) is 8.58. The number of benzene rings is 1. The number of rotatable bonds is 6. The van der Waals surface area contributed by atoms with Crippen molar-refractivity contribution in [2.75, 3.05) is 6.73 Å². The minimum Gasteiger partial charge on any atom is -0.644 e. The number of nitrogens with zero attached hydrogens (tertiary/aromatic N) is 1. The van der Waals surface area contributed by atoms with Crippen LogP contribution in [0.25, 0.3) is 5.73 Å². The Kier molecular flexibility index (Phi) is 17.2. The third-order valence-corrected chi connectivity index (χ3v) is 2.49. The summed E-state index contributed by atoms with van der Waals surface area (Å²) in [6, 6.07) is 3.34. The molecule has 0 amide bonds. The van der Waals surface area contributed by atoms with Crippen molar-refractivity contribution in [3.8, 4) is 11.5 Å². The molecule has 0 atom stereocenters. The Morgan fingerprint density at radius 2 is 1.73 bits per heavy atom. The molecule has 22 heavy (non-hydrogen) atoms. The van der Waals surface area contributed by atoms with Crippen LogP contribution in [0, 0.1) is 24.5 Å². The van der Waals surface area contributed by atoms with Crippen LogP contribution in [0.4, 0.5) is 0 Å². The van der Waals surface area contributed by atoms with Gasteiger partial charge in [-0.3, -0.25) is 4.79 Å². The van der Waals surface area contributed by atoms with Gasteiger partial charge in [0.1, 0.15) is 11.5 Å². The fourth-order valence-electron chi connectivity index (χ4n) is 1.30. The molecule has 1 aromatic carbocycles. The molecule has 0 aliphatic carbocycles. The Morgan fingerprint density at radius 3 is 2.23 bits per heavy atom. The van der Waals surface area contributed by atoms with Crippen LogP contribution in [0.15, 0.2) is 16.7 Å². The van der Waals surface area contributed by atoms with E-state index in [-0.39, 0.29) is 47.6 Å². The Labute approximate surface area is 148 Å². The van der Waals surface area contributed by atoms with Crippen LogP contribution in [0.2, 0.25) is 0 Å². The van der Waals surface area contributed by atoms with E-state index in [4.69, 9.17) is 15.2 Å². The smallest absolute Gasteiger partial charge is 0.186 e. The molecule has 2 radical (unpaired) electrons. The molecule has 0 heterocycles. The summed E-state index contributed by atoms with van der Waals surface area (Å²) in [4.78, 5) is 21.1. The van der Waals surface area contributed by atoms with E-state index in [0.717, 1.165) is 11.3 Å². The maximum atomic E-state index is 11.3. The van der Waals surface area contributed by atoms with Crippen molar-refractivity contribution >= 4 is 17.9 Å². The Bertz CT molecular complexity index is 470. The number of hydrogen-bond acceptors (Lipinski definition) is 6. The second-order valence-corrected chi connectivity index (χ2v) is 3.99. The molecular formula is C11H12N2O4Re2Rf2S-2. The van der Waals surface area contributed by atoms with Gasteiger partial charge < -0.3 is 15.2 Å². The molecule has 0 aromatic heterocycles. The first-order valence-corrected chi connectivity index (χ1v) is 5.84. The predicted octanol–water partition coefficient (Wildman–Crippen LogP) is 3.17. The van der Waals surface area contributed by atoms with Gasteiger partial charge in [-0.2, -0.15) is 0 Å². The van der Waals surface area contributed by atoms with E-state index in [0.29, 0.717) is 29.0 Å². The van der Waals surface area contributed by atoms with E-state index in [1.54, 1.807) is 26.0 Å². The zero-order valence-electron chi connectivity index (χ0n) is 12.1. The van der Waals surface area contributed by atoms with Gasteiger partial charge in [0.05, 0.1) is 0 Å². The molecule has 116 valence electrons. The molecule has 0 aliphatic rings. The predicted molar refractivity (Wildman–Crippen MR) is 69.1 cm³/mol. The summed E-state index contributed by atoms with van der Waals surface area (Å²) in [7, 11) is 0. The number of aryl methyl sites for hydroxylation is 2. The van der Waals surface area contributed by atoms with Crippen molar-refractivity contribution in [3.05, 3.63) is 39.7 Å². The molecule has 0 spiro atoms. The molecule has 0 saturated heterocycles. The van der Waals surface area contributed by atoms with E-state index in [2.05, 4.69) is 4.58 Å². The van der Waals surface area contributed by atoms with E-state index in [9.17, 15) is 9.70 Å². The average Bonchev–Trinajstić information content (AvgIpc) is 2.33. The Morgan fingerprint density at radius 1 is 1.23 bits per heavy atom. The third kappa shape index (κ3) is 8.01. The fraction of sp³-hybridized carbons (Fsp3) is 0.273. The minimum absolute atomic E-state index is 0. The van der Waals surface area contributed by atoms with Gasteiger partial charge in [0.25, 0.3) is 0 Å². The topological polar surface area (TPSA) is 88.8 Å². The fourth-order valence-corrected chi connectivity index (χ4v) is 1.48. The SMILES string of the molecule is Cc1cc(OC(=O)[CH-]SN=O)c(C)cc1OC[NH-].[Re].[Re].[Rf].[Rf]. The first kappa shape index (κ1) is 27.9. The van der Waals surface area contributed by atoms with Crippen LogP contribution in [0.1, 0.15) is 11.1 Å². The van der Waals surface area contributed by atoms with Crippen molar-refractivity contribution in [1.82, 2.24) is 0 Å². The maximum Gasteiger partial charge on any atom is 0.186 e. The molecule has 1 N–H and O–H groups in total. The van der Waals surface area contributed by atoms with Gasteiger partial charge in [0, 0.05) is 40.8 Å². The van der Waals surface area contributed by atoms with E-state index in [1.165, 1.54) is 0 Å². The van der Waals surface area contributed by atoms with Crippen molar-refractivity contribution in [2.45, 2.75) is 13.8 Å². The largest absolute Gasteiger partial charge is 0.644 e. The summed E-state index contributed by atoms with van der Waals surface area (Å²) in [5, 5.41) is 0. The summed E-state index contributed by atoms with van der Waals surface area (Å²) in [6.45, 7) is 3.37. The molecule has 1 rings (SSSR count). The zero-order valence-corrected chi connectivity index (χ0v) is 31.1. The third-order valence-electron chi connectivity index (χ3n) is 2.10. The molecular weight excluding hydrogens is 1160 g/mol. The number of carbonyl (C=O) groups excluding carboxylic acids is 1. The van der Waals surface area contributed by atoms with Crippen LogP contribution >= 0.6 is 11.9 Å². The summed E-state index contributed by atoms with van der Waals surface area (Å²) in [6.07, 6.45) is 0. The van der Waals surface area contributed by atoms with E-state index >= 15 is 0 Å². The van der Waals surface area contributed by atoms with Crippen molar-refractivity contribution in [2.24, 2.45) is 4.58 Å². The zero-order chi connectivity index (χ0) is 13.5. The van der Waals surface area contributed by atoms with Crippen molar-refractivity contribution in [3.63, 3.8) is 0 Å². The second kappa shape index (κ2) is 13.6. The molecule has 6 nitrogen and oxygen atoms in total. The van der Waals surface area contributed by atoms with Gasteiger partial charge in [0.15, 0.2) is 5.97 Å². The van der Waals surface area contributed by atoms with E-state index < -0.39 is 5.97 Å². The normalized spacial score (nSPS) is 7.95. The number of nitrogens with one attached hydrogen (secondary N) is 1. The molecule has 0 fully saturated rings. The molecule has 0 aliphatic heterocycles. The van der Waals surface area contributed by atoms with Crippen LogP contribution in [0.5, 0.6) is 11.5 Å². The Hall–Kier alpha value is -2.41. The summed E-state index contributed by atoms with van der Waals surface area (Å²) >= 11 is 0.477. The van der Waals surface area contributed by atoms with Crippen LogP contribution < -0.4 is 9.47 Å². The summed E-state index contributed by atoms with van der Waals surface area (Å²) < 4.78 is 12.6. The Balaban J connectivity index is -0.000000405. The van der Waals surface area contributed by atoms with Crippen LogP contribution in [-0.4, -0.2) is 12.7 Å². The van der Waals surface area contributed by atoms with Gasteiger partial charge in [-0.25, -0.2) is 5.75 Å². The van der Waals surface area contributed by atoms with Crippen molar-refractivity contribution in [1.29, 1.82) is 0 Å². The molecule has 1 aromatic rings. The van der Waals surface area contributed by atoms with Crippen molar-refractivity contribution < 1.29 is 55.1 Å². The van der Waals surface area contributed by atoms with Crippen LogP contribution in [0.3, 0.4) is 0 Å². The number of nitroso groups, excluding NO2 is 1.